The number of piperidine rings is 1. The maximum atomic E-state index is 6.16. The van der Waals surface area contributed by atoms with Gasteiger partial charge in [0.25, 0.3) is 0 Å². The van der Waals surface area contributed by atoms with Gasteiger partial charge in [0.2, 0.25) is 0 Å². The second-order valence-electron chi connectivity index (χ2n) is 6.15. The van der Waals surface area contributed by atoms with Crippen LogP contribution in [0.5, 0.6) is 0 Å². The molecule has 0 spiro atoms. The molecule has 1 saturated heterocycles. The van der Waals surface area contributed by atoms with Gasteiger partial charge >= 0.3 is 0 Å². The van der Waals surface area contributed by atoms with Gasteiger partial charge in [0.15, 0.2) is 0 Å². The Labute approximate surface area is 147 Å². The second-order valence-corrected chi connectivity index (χ2v) is 7.41. The summed E-state index contributed by atoms with van der Waals surface area (Å²) in [6, 6.07) is 7.01. The molecule has 21 heavy (non-hydrogen) atoms. The van der Waals surface area contributed by atoms with Crippen molar-refractivity contribution in [3.8, 4) is 0 Å². The zero-order valence-corrected chi connectivity index (χ0v) is 15.3. The maximum Gasteiger partial charge on any atom is 0.0551 e. The number of nitrogens with zero attached hydrogens (tertiary/aromatic N) is 1. The van der Waals surface area contributed by atoms with Gasteiger partial charge in [-0.1, -0.05) is 17.7 Å². The number of likely N-dealkylation sites (tertiary alicyclic amines) is 1. The molecule has 1 aromatic rings. The van der Waals surface area contributed by atoms with Gasteiger partial charge in [-0.25, -0.2) is 0 Å². The van der Waals surface area contributed by atoms with Crippen LogP contribution in [0.1, 0.15) is 31.2 Å². The molecule has 1 aliphatic heterocycles. The Kier molecular flexibility index (Phi) is 6.82. The molecular formula is C16H23BrCl2N2. The van der Waals surface area contributed by atoms with Crippen molar-refractivity contribution in [1.29, 1.82) is 0 Å². The van der Waals surface area contributed by atoms with Crippen LogP contribution in [-0.2, 0) is 6.54 Å². The lowest BCUT2D eigenvalue weighted by Crippen LogP contribution is -2.42. The molecule has 2 aliphatic rings. The number of nitrogens with one attached hydrogen (secondary N) is 1. The van der Waals surface area contributed by atoms with Crippen LogP contribution in [0.25, 0.3) is 0 Å². The largest absolute Gasteiger partial charge is 0.314 e. The lowest BCUT2D eigenvalue weighted by molar-refractivity contribution is 0.190. The summed E-state index contributed by atoms with van der Waals surface area (Å²) in [7, 11) is 0. The summed E-state index contributed by atoms with van der Waals surface area (Å²) in [6.07, 6.45) is 5.43. The third kappa shape index (κ3) is 5.40. The zero-order chi connectivity index (χ0) is 13.9. The SMILES string of the molecule is Cl.Clc1cc(CN2CCC(NCC3CC3)CC2)ccc1Br. The molecule has 5 heteroatoms. The highest BCUT2D eigenvalue weighted by atomic mass is 79.9. The van der Waals surface area contributed by atoms with E-state index in [0.29, 0.717) is 0 Å². The molecule has 1 N–H and O–H groups in total. The topological polar surface area (TPSA) is 15.3 Å². The van der Waals surface area contributed by atoms with E-state index in [1.165, 1.54) is 50.9 Å². The minimum atomic E-state index is 0. The third-order valence-corrected chi connectivity index (χ3v) is 5.60. The van der Waals surface area contributed by atoms with Gasteiger partial charge in [0, 0.05) is 17.1 Å². The zero-order valence-electron chi connectivity index (χ0n) is 12.2. The lowest BCUT2D eigenvalue weighted by Gasteiger charge is -2.32. The Bertz CT molecular complexity index is 458. The first kappa shape index (κ1) is 17.6. The van der Waals surface area contributed by atoms with Crippen LogP contribution in [0.3, 0.4) is 0 Å². The molecule has 2 fully saturated rings. The van der Waals surface area contributed by atoms with Crippen LogP contribution < -0.4 is 5.32 Å². The van der Waals surface area contributed by atoms with E-state index in [1.54, 1.807) is 0 Å². The first-order chi connectivity index (χ1) is 9.70. The van der Waals surface area contributed by atoms with E-state index in [9.17, 15) is 0 Å². The number of hydrogen-bond donors (Lipinski definition) is 1. The lowest BCUT2D eigenvalue weighted by atomic mass is 10.0. The van der Waals surface area contributed by atoms with Gasteiger partial charge in [0.05, 0.1) is 5.02 Å². The highest BCUT2D eigenvalue weighted by Crippen LogP contribution is 2.28. The number of hydrogen-bond acceptors (Lipinski definition) is 2. The van der Waals surface area contributed by atoms with Crippen LogP contribution in [0.4, 0.5) is 0 Å². The van der Waals surface area contributed by atoms with Gasteiger partial charge < -0.3 is 5.32 Å². The van der Waals surface area contributed by atoms with Crippen molar-refractivity contribution in [1.82, 2.24) is 10.2 Å². The Hall–Kier alpha value is 0.200. The van der Waals surface area contributed by atoms with Crippen LogP contribution in [0.2, 0.25) is 5.02 Å². The van der Waals surface area contributed by atoms with E-state index in [2.05, 4.69) is 38.3 Å². The molecule has 0 atom stereocenters. The molecule has 0 bridgehead atoms. The minimum Gasteiger partial charge on any atom is -0.314 e. The number of rotatable bonds is 5. The van der Waals surface area contributed by atoms with Crippen molar-refractivity contribution in [3.63, 3.8) is 0 Å². The van der Waals surface area contributed by atoms with Crippen molar-refractivity contribution in [2.75, 3.05) is 19.6 Å². The summed E-state index contributed by atoms with van der Waals surface area (Å²) in [4.78, 5) is 2.54. The highest BCUT2D eigenvalue weighted by Gasteiger charge is 2.24. The summed E-state index contributed by atoms with van der Waals surface area (Å²) in [5, 5.41) is 4.54. The fraction of sp³-hybridized carbons (Fsp3) is 0.625. The Morgan fingerprint density at radius 3 is 2.52 bits per heavy atom. The van der Waals surface area contributed by atoms with Crippen LogP contribution in [-0.4, -0.2) is 30.6 Å². The van der Waals surface area contributed by atoms with Crippen molar-refractivity contribution in [2.24, 2.45) is 5.92 Å². The standard InChI is InChI=1S/C16H22BrClN2.ClH/c17-15-4-3-13(9-16(15)18)11-20-7-5-14(6-8-20)19-10-12-1-2-12;/h3-4,9,12,14,19H,1-2,5-8,10-11H2;1H. The van der Waals surface area contributed by atoms with E-state index >= 15 is 0 Å². The second kappa shape index (κ2) is 8.16. The average molecular weight is 394 g/mol. The van der Waals surface area contributed by atoms with Gasteiger partial charge in [-0.3, -0.25) is 4.90 Å². The molecule has 118 valence electrons. The minimum absolute atomic E-state index is 0. The molecule has 1 aliphatic carbocycles. The van der Waals surface area contributed by atoms with Crippen molar-refractivity contribution in [3.05, 3.63) is 33.3 Å². The van der Waals surface area contributed by atoms with Crippen LogP contribution >= 0.6 is 39.9 Å². The Morgan fingerprint density at radius 1 is 1.19 bits per heavy atom. The van der Waals surface area contributed by atoms with E-state index in [0.717, 1.165) is 28.0 Å². The van der Waals surface area contributed by atoms with Gasteiger partial charge in [-0.2, -0.15) is 0 Å². The Balaban J connectivity index is 0.00000161. The summed E-state index contributed by atoms with van der Waals surface area (Å²) in [5.74, 6) is 0.984. The van der Waals surface area contributed by atoms with Gasteiger partial charge in [-0.05, 0) is 84.9 Å². The quantitative estimate of drug-likeness (QED) is 0.792. The maximum absolute atomic E-state index is 6.16. The molecular weight excluding hydrogens is 371 g/mol. The van der Waals surface area contributed by atoms with Crippen LogP contribution in [0.15, 0.2) is 22.7 Å². The van der Waals surface area contributed by atoms with E-state index in [-0.39, 0.29) is 12.4 Å². The van der Waals surface area contributed by atoms with E-state index in [4.69, 9.17) is 11.6 Å². The normalized spacial score (nSPS) is 20.3. The smallest absolute Gasteiger partial charge is 0.0551 e. The molecule has 2 nitrogen and oxygen atoms in total. The van der Waals surface area contributed by atoms with Gasteiger partial charge in [0.1, 0.15) is 0 Å². The predicted octanol–water partition coefficient (Wildman–Crippen LogP) is 4.49. The summed E-state index contributed by atoms with van der Waals surface area (Å²) < 4.78 is 0.978. The van der Waals surface area contributed by atoms with Gasteiger partial charge in [-0.15, -0.1) is 12.4 Å². The van der Waals surface area contributed by atoms with Crippen LogP contribution in [0, 0.1) is 5.92 Å². The third-order valence-electron chi connectivity index (χ3n) is 4.37. The van der Waals surface area contributed by atoms with Crippen molar-refractivity contribution >= 4 is 39.9 Å². The van der Waals surface area contributed by atoms with E-state index < -0.39 is 0 Å². The molecule has 1 aromatic carbocycles. The summed E-state index contributed by atoms with van der Waals surface area (Å²) in [6.45, 7) is 4.64. The summed E-state index contributed by atoms with van der Waals surface area (Å²) >= 11 is 9.60. The van der Waals surface area contributed by atoms with Crippen molar-refractivity contribution in [2.45, 2.75) is 38.3 Å². The molecule has 0 amide bonds. The first-order valence-electron chi connectivity index (χ1n) is 7.60. The predicted molar refractivity (Wildman–Crippen MR) is 95.4 cm³/mol. The fourth-order valence-electron chi connectivity index (χ4n) is 2.85. The van der Waals surface area contributed by atoms with E-state index in [1.807, 2.05) is 6.07 Å². The molecule has 0 radical (unpaired) electrons. The first-order valence-corrected chi connectivity index (χ1v) is 8.77. The average Bonchev–Trinajstić information content (AvgIpc) is 3.26. The molecule has 0 unspecified atom stereocenters. The molecule has 1 saturated carbocycles. The highest BCUT2D eigenvalue weighted by molar-refractivity contribution is 9.10. The Morgan fingerprint density at radius 2 is 1.90 bits per heavy atom. The number of halogens is 3. The fourth-order valence-corrected chi connectivity index (χ4v) is 3.30. The number of benzene rings is 1. The monoisotopic (exact) mass is 392 g/mol. The molecule has 3 rings (SSSR count). The summed E-state index contributed by atoms with van der Waals surface area (Å²) in [5.41, 5.74) is 1.31. The molecule has 1 heterocycles. The molecule has 0 aromatic heterocycles. The van der Waals surface area contributed by atoms with Crippen molar-refractivity contribution < 1.29 is 0 Å².